The van der Waals surface area contributed by atoms with Crippen molar-refractivity contribution >= 4 is 28.9 Å². The minimum atomic E-state index is -0.532. The molecule has 0 unspecified atom stereocenters. The van der Waals surface area contributed by atoms with Crippen LogP contribution in [0.1, 0.15) is 0 Å². The van der Waals surface area contributed by atoms with Crippen LogP contribution in [0.5, 0.6) is 11.5 Å². The van der Waals surface area contributed by atoms with E-state index in [0.717, 1.165) is 44.2 Å². The molecule has 6 nitrogen and oxygen atoms in total. The Hall–Kier alpha value is -3.22. The fourth-order valence-electron chi connectivity index (χ4n) is 4.64. The third kappa shape index (κ3) is 4.69. The van der Waals surface area contributed by atoms with Gasteiger partial charge in [-0.05, 0) is 60.7 Å². The van der Waals surface area contributed by atoms with Gasteiger partial charge in [0, 0.05) is 49.1 Å². The molecule has 2 atom stereocenters. The molecule has 34 heavy (non-hydrogen) atoms. The zero-order valence-corrected chi connectivity index (χ0v) is 19.9. The molecule has 0 N–H and O–H groups in total. The average molecular weight is 478 g/mol. The summed E-state index contributed by atoms with van der Waals surface area (Å²) in [6, 6.07) is 25.2. The summed E-state index contributed by atoms with van der Waals surface area (Å²) >= 11 is 6.01. The molecule has 5 rings (SSSR count). The number of rotatable bonds is 7. The van der Waals surface area contributed by atoms with E-state index in [9.17, 15) is 4.79 Å². The van der Waals surface area contributed by atoms with Crippen molar-refractivity contribution in [2.24, 2.45) is 0 Å². The lowest BCUT2D eigenvalue weighted by Gasteiger charge is -2.49. The molecule has 0 saturated carbocycles. The molecule has 0 aromatic heterocycles. The van der Waals surface area contributed by atoms with Crippen molar-refractivity contribution in [2.45, 2.75) is 12.1 Å². The molecular weight excluding hydrogens is 450 g/mol. The number of halogens is 1. The third-order valence-electron chi connectivity index (χ3n) is 6.53. The molecule has 2 fully saturated rings. The Balaban J connectivity index is 1.30. The lowest BCUT2D eigenvalue weighted by molar-refractivity contribution is -0.135. The number of methoxy groups -OCH3 is 1. The van der Waals surface area contributed by atoms with E-state index in [0.29, 0.717) is 10.8 Å². The zero-order valence-electron chi connectivity index (χ0n) is 19.1. The topological polar surface area (TPSA) is 45.2 Å². The van der Waals surface area contributed by atoms with Gasteiger partial charge < -0.3 is 19.3 Å². The molecule has 0 bridgehead atoms. The summed E-state index contributed by atoms with van der Waals surface area (Å²) in [5, 5.41) is 0.639. The predicted molar refractivity (Wildman–Crippen MR) is 135 cm³/mol. The maximum atomic E-state index is 13.2. The third-order valence-corrected chi connectivity index (χ3v) is 6.78. The second-order valence-electron chi connectivity index (χ2n) is 8.59. The normalized spacial score (nSPS) is 20.7. The Morgan fingerprint density at radius 2 is 1.47 bits per heavy atom. The van der Waals surface area contributed by atoms with Gasteiger partial charge in [0.05, 0.1) is 13.2 Å². The second kappa shape index (κ2) is 9.95. The number of nitrogens with zero attached hydrogens (tertiary/aromatic N) is 3. The largest absolute Gasteiger partial charge is 0.497 e. The van der Waals surface area contributed by atoms with Crippen molar-refractivity contribution < 1.29 is 14.3 Å². The van der Waals surface area contributed by atoms with Gasteiger partial charge in [-0.3, -0.25) is 9.69 Å². The summed E-state index contributed by atoms with van der Waals surface area (Å²) in [6.45, 7) is 4.53. The summed E-state index contributed by atoms with van der Waals surface area (Å²) in [4.78, 5) is 19.9. The number of hydrogen-bond donors (Lipinski definition) is 0. The minimum Gasteiger partial charge on any atom is -0.497 e. The lowest BCUT2D eigenvalue weighted by Crippen LogP contribution is -2.71. The van der Waals surface area contributed by atoms with Crippen LogP contribution in [0.25, 0.3) is 0 Å². The Kier molecular flexibility index (Phi) is 6.61. The van der Waals surface area contributed by atoms with E-state index >= 15 is 0 Å². The maximum absolute atomic E-state index is 13.2. The Bertz CT molecular complexity index is 1100. The number of carbonyl (C=O) groups excluding carboxylic acids is 1. The van der Waals surface area contributed by atoms with E-state index in [1.807, 2.05) is 35.2 Å². The molecule has 7 heteroatoms. The van der Waals surface area contributed by atoms with Crippen molar-refractivity contribution in [2.75, 3.05) is 49.6 Å². The van der Waals surface area contributed by atoms with Gasteiger partial charge in [-0.1, -0.05) is 29.8 Å². The SMILES string of the molecule is COc1ccc(N2C(=O)[C@@H](Oc3ccc(Cl)cc3)[C@H]2CN2CCN(c3ccccc3)CC2)cc1. The van der Waals surface area contributed by atoms with Crippen LogP contribution in [-0.4, -0.2) is 62.8 Å². The van der Waals surface area contributed by atoms with E-state index < -0.39 is 6.10 Å². The van der Waals surface area contributed by atoms with Crippen LogP contribution in [-0.2, 0) is 4.79 Å². The molecule has 2 heterocycles. The fraction of sp³-hybridized carbons (Fsp3) is 0.296. The first kappa shape index (κ1) is 22.6. The van der Waals surface area contributed by atoms with Gasteiger partial charge in [0.25, 0.3) is 5.91 Å². The van der Waals surface area contributed by atoms with Crippen molar-refractivity contribution in [1.82, 2.24) is 4.90 Å². The van der Waals surface area contributed by atoms with Crippen molar-refractivity contribution in [1.29, 1.82) is 0 Å². The summed E-state index contributed by atoms with van der Waals surface area (Å²) in [5.74, 6) is 1.38. The Morgan fingerprint density at radius 1 is 0.824 bits per heavy atom. The van der Waals surface area contributed by atoms with Gasteiger partial charge in [0.15, 0.2) is 6.10 Å². The highest BCUT2D eigenvalue weighted by Gasteiger charge is 2.50. The molecule has 0 spiro atoms. The van der Waals surface area contributed by atoms with Crippen molar-refractivity contribution in [3.05, 3.63) is 83.9 Å². The smallest absolute Gasteiger partial charge is 0.270 e. The van der Waals surface area contributed by atoms with Crippen LogP contribution in [0.15, 0.2) is 78.9 Å². The van der Waals surface area contributed by atoms with E-state index in [2.05, 4.69) is 34.1 Å². The second-order valence-corrected chi connectivity index (χ2v) is 9.03. The highest BCUT2D eigenvalue weighted by atomic mass is 35.5. The van der Waals surface area contributed by atoms with Gasteiger partial charge >= 0.3 is 0 Å². The number of β-lactam (4-membered cyclic amide) rings is 1. The first-order valence-electron chi connectivity index (χ1n) is 11.5. The number of anilines is 2. The summed E-state index contributed by atoms with van der Waals surface area (Å²) in [5.41, 5.74) is 2.11. The van der Waals surface area contributed by atoms with Crippen molar-refractivity contribution in [3.63, 3.8) is 0 Å². The molecule has 0 radical (unpaired) electrons. The van der Waals surface area contributed by atoms with Crippen LogP contribution in [0, 0.1) is 0 Å². The van der Waals surface area contributed by atoms with Gasteiger partial charge in [0.1, 0.15) is 11.5 Å². The molecule has 176 valence electrons. The van der Waals surface area contributed by atoms with E-state index in [4.69, 9.17) is 21.1 Å². The van der Waals surface area contributed by atoms with Crippen LogP contribution >= 0.6 is 11.6 Å². The minimum absolute atomic E-state index is 0.0342. The number of benzene rings is 3. The quantitative estimate of drug-likeness (QED) is 0.474. The first-order valence-corrected chi connectivity index (χ1v) is 11.9. The van der Waals surface area contributed by atoms with Gasteiger partial charge in [-0.25, -0.2) is 0 Å². The van der Waals surface area contributed by atoms with Crippen molar-refractivity contribution in [3.8, 4) is 11.5 Å². The van der Waals surface area contributed by atoms with E-state index in [-0.39, 0.29) is 11.9 Å². The van der Waals surface area contributed by atoms with Gasteiger partial charge in [-0.15, -0.1) is 0 Å². The highest BCUT2D eigenvalue weighted by molar-refractivity contribution is 6.30. The Labute approximate surface area is 205 Å². The molecular formula is C27H28ClN3O3. The summed E-state index contributed by atoms with van der Waals surface area (Å²) in [6.07, 6.45) is -0.532. The van der Waals surface area contributed by atoms with Crippen LogP contribution in [0.4, 0.5) is 11.4 Å². The molecule has 0 aliphatic carbocycles. The van der Waals surface area contributed by atoms with Crippen LogP contribution < -0.4 is 19.3 Å². The predicted octanol–water partition coefficient (Wildman–Crippen LogP) is 4.33. The molecule has 3 aromatic carbocycles. The number of carbonyl (C=O) groups is 1. The maximum Gasteiger partial charge on any atom is 0.270 e. The number of para-hydroxylation sites is 1. The first-order chi connectivity index (χ1) is 16.6. The average Bonchev–Trinajstić information content (AvgIpc) is 2.89. The number of hydrogen-bond acceptors (Lipinski definition) is 5. The zero-order chi connectivity index (χ0) is 23.5. The van der Waals surface area contributed by atoms with E-state index in [1.165, 1.54) is 5.69 Å². The van der Waals surface area contributed by atoms with Crippen LogP contribution in [0.2, 0.25) is 5.02 Å². The summed E-state index contributed by atoms with van der Waals surface area (Å²) < 4.78 is 11.4. The molecule has 2 aliphatic heterocycles. The lowest BCUT2D eigenvalue weighted by atomic mass is 9.95. The molecule has 1 amide bonds. The number of amides is 1. The summed E-state index contributed by atoms with van der Waals surface area (Å²) in [7, 11) is 1.64. The van der Waals surface area contributed by atoms with Gasteiger partial charge in [-0.2, -0.15) is 0 Å². The Morgan fingerprint density at radius 3 is 2.12 bits per heavy atom. The number of ether oxygens (including phenoxy) is 2. The monoisotopic (exact) mass is 477 g/mol. The highest BCUT2D eigenvalue weighted by Crippen LogP contribution is 2.33. The van der Waals surface area contributed by atoms with Crippen LogP contribution in [0.3, 0.4) is 0 Å². The number of piperazine rings is 1. The molecule has 2 aliphatic rings. The molecule has 2 saturated heterocycles. The van der Waals surface area contributed by atoms with Gasteiger partial charge in [0.2, 0.25) is 0 Å². The van der Waals surface area contributed by atoms with E-state index in [1.54, 1.807) is 31.4 Å². The standard InChI is InChI=1S/C27H28ClN3O3/c1-33-23-13-9-22(10-14-23)31-25(26(27(31)32)34-24-11-7-20(28)8-12-24)19-29-15-17-30(18-16-29)21-5-3-2-4-6-21/h2-14,25-26H,15-19H2,1H3/t25-,26+/m1/s1. The fourth-order valence-corrected chi connectivity index (χ4v) is 4.76. The molecule has 3 aromatic rings.